The van der Waals surface area contributed by atoms with Gasteiger partial charge in [0.05, 0.1) is 0 Å². The SMILES string of the molecule is CCC(O)(OC(O)(CC)C(C)O)C(C)O. The van der Waals surface area contributed by atoms with Crippen LogP contribution in [-0.4, -0.2) is 44.2 Å². The summed E-state index contributed by atoms with van der Waals surface area (Å²) in [6.45, 7) is 5.96. The van der Waals surface area contributed by atoms with Crippen LogP contribution in [0.25, 0.3) is 0 Å². The summed E-state index contributed by atoms with van der Waals surface area (Å²) in [5, 5.41) is 38.4. The van der Waals surface area contributed by atoms with E-state index in [0.29, 0.717) is 0 Å². The van der Waals surface area contributed by atoms with Crippen LogP contribution in [0.2, 0.25) is 0 Å². The Hall–Kier alpha value is -0.200. The fraction of sp³-hybridized carbons (Fsp3) is 1.00. The third-order valence-corrected chi connectivity index (χ3v) is 2.67. The van der Waals surface area contributed by atoms with Crippen LogP contribution in [-0.2, 0) is 4.74 Å². The molecular weight excluding hydrogens is 200 g/mol. The van der Waals surface area contributed by atoms with Gasteiger partial charge in [-0.3, -0.25) is 0 Å². The smallest absolute Gasteiger partial charge is 0.194 e. The van der Waals surface area contributed by atoms with Gasteiger partial charge in [-0.25, -0.2) is 0 Å². The average molecular weight is 222 g/mol. The summed E-state index contributed by atoms with van der Waals surface area (Å²) in [7, 11) is 0. The lowest BCUT2D eigenvalue weighted by atomic mass is 10.0. The highest BCUT2D eigenvalue weighted by atomic mass is 16.7. The molecule has 0 radical (unpaired) electrons. The summed E-state index contributed by atoms with van der Waals surface area (Å²) in [5.41, 5.74) is 0. The van der Waals surface area contributed by atoms with Gasteiger partial charge in [-0.15, -0.1) is 0 Å². The van der Waals surface area contributed by atoms with E-state index < -0.39 is 23.8 Å². The Kier molecular flexibility index (Phi) is 5.16. The molecule has 0 saturated heterocycles. The monoisotopic (exact) mass is 222 g/mol. The van der Waals surface area contributed by atoms with Crippen molar-refractivity contribution in [3.05, 3.63) is 0 Å². The van der Waals surface area contributed by atoms with Crippen LogP contribution in [0.1, 0.15) is 40.5 Å². The lowest BCUT2D eigenvalue weighted by Crippen LogP contribution is -2.54. The topological polar surface area (TPSA) is 90.2 Å². The van der Waals surface area contributed by atoms with E-state index in [0.717, 1.165) is 0 Å². The zero-order valence-electron chi connectivity index (χ0n) is 9.77. The molecule has 0 aromatic rings. The molecule has 0 amide bonds. The standard InChI is InChI=1S/C10H22O5/c1-5-9(13,7(3)11)15-10(14,6-2)8(4)12/h7-8,11-14H,5-6H2,1-4H3. The Balaban J connectivity index is 4.79. The highest BCUT2D eigenvalue weighted by Crippen LogP contribution is 2.28. The maximum atomic E-state index is 9.87. The molecule has 4 atom stereocenters. The molecule has 0 saturated carbocycles. The number of aliphatic hydroxyl groups is 4. The molecule has 4 N–H and O–H groups in total. The summed E-state index contributed by atoms with van der Waals surface area (Å²) in [6.07, 6.45) is -2.09. The third-order valence-electron chi connectivity index (χ3n) is 2.67. The second kappa shape index (κ2) is 5.23. The van der Waals surface area contributed by atoms with Gasteiger partial charge in [-0.2, -0.15) is 0 Å². The van der Waals surface area contributed by atoms with Gasteiger partial charge in [-0.05, 0) is 13.8 Å². The van der Waals surface area contributed by atoms with E-state index in [1.54, 1.807) is 13.8 Å². The molecule has 0 aromatic carbocycles. The lowest BCUT2D eigenvalue weighted by molar-refractivity contribution is -0.378. The minimum Gasteiger partial charge on any atom is -0.388 e. The molecule has 92 valence electrons. The van der Waals surface area contributed by atoms with Crippen LogP contribution in [0.15, 0.2) is 0 Å². The average Bonchev–Trinajstić information content (AvgIpc) is 2.16. The number of rotatable bonds is 6. The van der Waals surface area contributed by atoms with Crippen molar-refractivity contribution >= 4 is 0 Å². The van der Waals surface area contributed by atoms with Gasteiger partial charge >= 0.3 is 0 Å². The first-order valence-electron chi connectivity index (χ1n) is 5.23. The van der Waals surface area contributed by atoms with Crippen LogP contribution in [0, 0.1) is 0 Å². The molecule has 0 heterocycles. The van der Waals surface area contributed by atoms with Crippen molar-refractivity contribution in [1.29, 1.82) is 0 Å². The first-order valence-corrected chi connectivity index (χ1v) is 5.23. The number of aliphatic hydroxyl groups excluding tert-OH is 2. The predicted molar refractivity (Wildman–Crippen MR) is 54.9 cm³/mol. The fourth-order valence-electron chi connectivity index (χ4n) is 1.21. The number of ether oxygens (including phenoxy) is 1. The molecule has 5 nitrogen and oxygen atoms in total. The second-order valence-electron chi connectivity index (χ2n) is 3.85. The molecule has 0 aliphatic heterocycles. The van der Waals surface area contributed by atoms with Gasteiger partial charge in [0.2, 0.25) is 0 Å². The quantitative estimate of drug-likeness (QED) is 0.473. The lowest BCUT2D eigenvalue weighted by Gasteiger charge is -2.40. The first-order chi connectivity index (χ1) is 6.72. The Bertz CT molecular complexity index is 174. The molecule has 0 aromatic heterocycles. The van der Waals surface area contributed by atoms with Crippen molar-refractivity contribution in [2.45, 2.75) is 64.3 Å². The molecular formula is C10H22O5. The Morgan fingerprint density at radius 2 is 1.20 bits per heavy atom. The van der Waals surface area contributed by atoms with Crippen molar-refractivity contribution in [3.8, 4) is 0 Å². The summed E-state index contributed by atoms with van der Waals surface area (Å²) < 4.78 is 5.06. The Morgan fingerprint density at radius 1 is 0.933 bits per heavy atom. The zero-order valence-corrected chi connectivity index (χ0v) is 9.77. The van der Waals surface area contributed by atoms with E-state index in [2.05, 4.69) is 0 Å². The molecule has 0 spiro atoms. The summed E-state index contributed by atoms with van der Waals surface area (Å²) >= 11 is 0. The normalized spacial score (nSPS) is 24.0. The number of hydrogen-bond donors (Lipinski definition) is 4. The largest absolute Gasteiger partial charge is 0.388 e. The van der Waals surface area contributed by atoms with E-state index in [-0.39, 0.29) is 12.8 Å². The Morgan fingerprint density at radius 3 is 1.33 bits per heavy atom. The summed E-state index contributed by atoms with van der Waals surface area (Å²) in [4.78, 5) is 0. The van der Waals surface area contributed by atoms with Gasteiger partial charge in [-0.1, -0.05) is 13.8 Å². The Labute approximate surface area is 90.3 Å². The van der Waals surface area contributed by atoms with Crippen molar-refractivity contribution in [1.82, 2.24) is 0 Å². The van der Waals surface area contributed by atoms with E-state index in [9.17, 15) is 20.4 Å². The molecule has 0 bridgehead atoms. The molecule has 0 aliphatic rings. The van der Waals surface area contributed by atoms with Crippen LogP contribution < -0.4 is 0 Å². The second-order valence-corrected chi connectivity index (χ2v) is 3.85. The molecule has 0 aliphatic carbocycles. The van der Waals surface area contributed by atoms with E-state index >= 15 is 0 Å². The summed E-state index contributed by atoms with van der Waals surface area (Å²) in [6, 6.07) is 0. The predicted octanol–water partition coefficient (Wildman–Crippen LogP) is -0.0382. The van der Waals surface area contributed by atoms with Crippen LogP contribution in [0.5, 0.6) is 0 Å². The van der Waals surface area contributed by atoms with Crippen LogP contribution in [0.3, 0.4) is 0 Å². The van der Waals surface area contributed by atoms with Crippen molar-refractivity contribution in [2.24, 2.45) is 0 Å². The van der Waals surface area contributed by atoms with Crippen LogP contribution >= 0.6 is 0 Å². The van der Waals surface area contributed by atoms with E-state index in [1.165, 1.54) is 13.8 Å². The van der Waals surface area contributed by atoms with Gasteiger partial charge in [0.25, 0.3) is 0 Å². The van der Waals surface area contributed by atoms with Gasteiger partial charge < -0.3 is 25.2 Å². The minimum absolute atomic E-state index is 0.111. The zero-order chi connectivity index (χ0) is 12.3. The van der Waals surface area contributed by atoms with Crippen molar-refractivity contribution in [3.63, 3.8) is 0 Å². The van der Waals surface area contributed by atoms with Crippen molar-refractivity contribution in [2.75, 3.05) is 0 Å². The van der Waals surface area contributed by atoms with E-state index in [1.807, 2.05) is 0 Å². The third kappa shape index (κ3) is 3.39. The molecule has 15 heavy (non-hydrogen) atoms. The minimum atomic E-state index is -1.85. The van der Waals surface area contributed by atoms with E-state index in [4.69, 9.17) is 4.74 Å². The first kappa shape index (κ1) is 14.8. The van der Waals surface area contributed by atoms with Crippen molar-refractivity contribution < 1.29 is 25.2 Å². The molecule has 5 heteroatoms. The maximum absolute atomic E-state index is 9.87. The maximum Gasteiger partial charge on any atom is 0.194 e. The molecule has 0 fully saturated rings. The summed E-state index contributed by atoms with van der Waals surface area (Å²) in [5.74, 6) is -3.69. The highest BCUT2D eigenvalue weighted by molar-refractivity contribution is 4.80. The van der Waals surface area contributed by atoms with Gasteiger partial charge in [0, 0.05) is 12.8 Å². The van der Waals surface area contributed by atoms with Crippen LogP contribution in [0.4, 0.5) is 0 Å². The number of hydrogen-bond acceptors (Lipinski definition) is 5. The van der Waals surface area contributed by atoms with Gasteiger partial charge in [0.15, 0.2) is 11.6 Å². The molecule has 0 rings (SSSR count). The molecule has 4 unspecified atom stereocenters. The fourth-order valence-corrected chi connectivity index (χ4v) is 1.21. The van der Waals surface area contributed by atoms with Gasteiger partial charge in [0.1, 0.15) is 12.2 Å². The highest BCUT2D eigenvalue weighted by Gasteiger charge is 2.43.